The third-order valence-corrected chi connectivity index (χ3v) is 7.80. The summed E-state index contributed by atoms with van der Waals surface area (Å²) in [6.45, 7) is 9.05. The Balaban J connectivity index is 1.56. The molecule has 2 heterocycles. The molecule has 172 valence electrons. The van der Waals surface area contributed by atoms with Crippen LogP contribution in [0.2, 0.25) is 0 Å². The van der Waals surface area contributed by atoms with Crippen molar-refractivity contribution in [2.24, 2.45) is 5.41 Å². The van der Waals surface area contributed by atoms with E-state index in [0.717, 1.165) is 24.1 Å². The molecule has 33 heavy (non-hydrogen) atoms. The lowest BCUT2D eigenvalue weighted by molar-refractivity contribution is 0.0612. The molecule has 2 aromatic heterocycles. The average Bonchev–Trinajstić information content (AvgIpc) is 3.37. The Hall–Kier alpha value is -3.16. The SMILES string of the molecule is CCN(C[C@@]12CC[C@@H](c3cc(-c4c(F)cccc4F)nnc31)C2(C)C)C(=O)c1cc(C)no1. The van der Waals surface area contributed by atoms with Crippen molar-refractivity contribution in [2.75, 3.05) is 13.1 Å². The number of hydrogen-bond donors (Lipinski definition) is 0. The van der Waals surface area contributed by atoms with Crippen LogP contribution in [0.5, 0.6) is 0 Å². The van der Waals surface area contributed by atoms with Crippen LogP contribution in [0.15, 0.2) is 34.9 Å². The Kier molecular flexibility index (Phi) is 4.88. The number of hydrogen-bond acceptors (Lipinski definition) is 5. The number of benzene rings is 1. The molecule has 0 aliphatic heterocycles. The lowest BCUT2D eigenvalue weighted by Crippen LogP contribution is -2.48. The lowest BCUT2D eigenvalue weighted by Gasteiger charge is -2.41. The Bertz CT molecular complexity index is 1230. The number of fused-ring (bicyclic) bond motifs is 5. The molecule has 1 aromatic carbocycles. The summed E-state index contributed by atoms with van der Waals surface area (Å²) in [5, 5.41) is 12.6. The van der Waals surface area contributed by atoms with Crippen LogP contribution in [0.1, 0.15) is 67.0 Å². The van der Waals surface area contributed by atoms with E-state index in [4.69, 9.17) is 4.52 Å². The Morgan fingerprint density at radius 2 is 1.94 bits per heavy atom. The molecule has 1 saturated carbocycles. The summed E-state index contributed by atoms with van der Waals surface area (Å²) < 4.78 is 34.0. The zero-order valence-electron chi connectivity index (χ0n) is 19.2. The molecule has 0 N–H and O–H groups in total. The normalized spacial score (nSPS) is 22.4. The van der Waals surface area contributed by atoms with Crippen LogP contribution in [0.3, 0.4) is 0 Å². The molecule has 0 unspecified atom stereocenters. The maximum atomic E-state index is 14.4. The second-order valence-corrected chi connectivity index (χ2v) is 9.68. The third-order valence-electron chi connectivity index (χ3n) is 7.80. The van der Waals surface area contributed by atoms with Crippen LogP contribution in [0.25, 0.3) is 11.3 Å². The van der Waals surface area contributed by atoms with Crippen molar-refractivity contribution in [1.29, 1.82) is 0 Å². The molecular formula is C25H26F2N4O2. The second-order valence-electron chi connectivity index (χ2n) is 9.68. The number of likely N-dealkylation sites (N-methyl/N-ethyl adjacent to an activating group) is 1. The van der Waals surface area contributed by atoms with Crippen LogP contribution in [-0.2, 0) is 5.41 Å². The Labute approximate surface area is 191 Å². The minimum atomic E-state index is -0.661. The van der Waals surface area contributed by atoms with Crippen molar-refractivity contribution in [3.63, 3.8) is 0 Å². The maximum absolute atomic E-state index is 14.4. The number of amides is 1. The van der Waals surface area contributed by atoms with Gasteiger partial charge in [-0.05, 0) is 61.8 Å². The molecule has 2 bridgehead atoms. The standard InChI is InChI=1S/C25H26F2N4O2/c1-5-31(23(32)20-11-14(2)30-33-20)13-25-10-9-16(24(25,3)4)15-12-19(28-29-22(15)25)21-17(26)7-6-8-18(21)27/h6-8,11-12,16H,5,9-10,13H2,1-4H3/t16-,25-/m0/s1. The van der Waals surface area contributed by atoms with E-state index in [1.54, 1.807) is 24.0 Å². The smallest absolute Gasteiger partial charge is 0.292 e. The van der Waals surface area contributed by atoms with Gasteiger partial charge in [-0.25, -0.2) is 8.78 Å². The van der Waals surface area contributed by atoms with Crippen molar-refractivity contribution < 1.29 is 18.1 Å². The average molecular weight is 453 g/mol. The van der Waals surface area contributed by atoms with Gasteiger partial charge < -0.3 is 9.42 Å². The van der Waals surface area contributed by atoms with E-state index in [-0.39, 0.29) is 34.3 Å². The molecule has 6 nitrogen and oxygen atoms in total. The summed E-state index contributed by atoms with van der Waals surface area (Å²) in [4.78, 5) is 14.9. The monoisotopic (exact) mass is 452 g/mol. The number of aryl methyl sites for hydroxylation is 1. The fourth-order valence-electron chi connectivity index (χ4n) is 5.91. The number of carbonyl (C=O) groups is 1. The van der Waals surface area contributed by atoms with E-state index in [9.17, 15) is 13.6 Å². The molecule has 8 heteroatoms. The highest BCUT2D eigenvalue weighted by Crippen LogP contribution is 2.67. The van der Waals surface area contributed by atoms with E-state index in [0.29, 0.717) is 18.8 Å². The van der Waals surface area contributed by atoms with Gasteiger partial charge in [-0.2, -0.15) is 10.2 Å². The van der Waals surface area contributed by atoms with Gasteiger partial charge in [0.05, 0.1) is 22.6 Å². The first kappa shape index (κ1) is 21.7. The van der Waals surface area contributed by atoms with Crippen LogP contribution < -0.4 is 0 Å². The fraction of sp³-hybridized carbons (Fsp3) is 0.440. The van der Waals surface area contributed by atoms with E-state index in [2.05, 4.69) is 29.2 Å². The van der Waals surface area contributed by atoms with E-state index < -0.39 is 17.0 Å². The van der Waals surface area contributed by atoms with Gasteiger partial charge >= 0.3 is 0 Å². The number of nitrogens with zero attached hydrogens (tertiary/aromatic N) is 4. The molecule has 1 amide bonds. The number of aromatic nitrogens is 3. The topological polar surface area (TPSA) is 72.1 Å². The zero-order valence-corrected chi connectivity index (χ0v) is 19.2. The minimum absolute atomic E-state index is 0.159. The van der Waals surface area contributed by atoms with Crippen molar-refractivity contribution in [3.05, 3.63) is 64.7 Å². The highest BCUT2D eigenvalue weighted by Gasteiger charge is 2.64. The fourth-order valence-corrected chi connectivity index (χ4v) is 5.91. The minimum Gasteiger partial charge on any atom is -0.351 e. The number of carbonyl (C=O) groups excluding carboxylic acids is 1. The molecule has 0 radical (unpaired) electrons. The Morgan fingerprint density at radius 3 is 2.58 bits per heavy atom. The van der Waals surface area contributed by atoms with Gasteiger partial charge in [0, 0.05) is 24.6 Å². The summed E-state index contributed by atoms with van der Waals surface area (Å²) in [5.41, 5.74) is 1.87. The first-order valence-corrected chi connectivity index (χ1v) is 11.2. The largest absolute Gasteiger partial charge is 0.351 e. The van der Waals surface area contributed by atoms with Crippen molar-refractivity contribution in [2.45, 2.75) is 51.9 Å². The van der Waals surface area contributed by atoms with E-state index >= 15 is 0 Å². The van der Waals surface area contributed by atoms with Gasteiger partial charge in [-0.1, -0.05) is 25.1 Å². The molecule has 5 rings (SSSR count). The quantitative estimate of drug-likeness (QED) is 0.543. The number of halogens is 2. The molecule has 0 saturated heterocycles. The van der Waals surface area contributed by atoms with Gasteiger partial charge in [-0.3, -0.25) is 4.79 Å². The van der Waals surface area contributed by atoms with E-state index in [1.165, 1.54) is 18.2 Å². The second kappa shape index (κ2) is 7.43. The van der Waals surface area contributed by atoms with Crippen molar-refractivity contribution in [1.82, 2.24) is 20.3 Å². The molecule has 2 aliphatic carbocycles. The maximum Gasteiger partial charge on any atom is 0.292 e. The molecule has 2 atom stereocenters. The van der Waals surface area contributed by atoms with Crippen molar-refractivity contribution >= 4 is 5.91 Å². The van der Waals surface area contributed by atoms with Gasteiger partial charge in [-0.15, -0.1) is 0 Å². The summed E-state index contributed by atoms with van der Waals surface area (Å²) in [6, 6.07) is 7.21. The summed E-state index contributed by atoms with van der Waals surface area (Å²) in [7, 11) is 0. The van der Waals surface area contributed by atoms with Gasteiger partial charge in [0.15, 0.2) is 0 Å². The highest BCUT2D eigenvalue weighted by molar-refractivity contribution is 5.91. The molecule has 2 aliphatic rings. The molecule has 0 spiro atoms. The summed E-state index contributed by atoms with van der Waals surface area (Å²) in [5.74, 6) is -1.15. The predicted octanol–water partition coefficient (Wildman–Crippen LogP) is 5.04. The van der Waals surface area contributed by atoms with Gasteiger partial charge in [0.2, 0.25) is 5.76 Å². The summed E-state index contributed by atoms with van der Waals surface area (Å²) in [6.07, 6.45) is 1.77. The molecule has 3 aromatic rings. The number of rotatable bonds is 5. The van der Waals surface area contributed by atoms with Crippen LogP contribution in [-0.4, -0.2) is 39.3 Å². The predicted molar refractivity (Wildman–Crippen MR) is 118 cm³/mol. The Morgan fingerprint density at radius 1 is 1.21 bits per heavy atom. The zero-order chi connectivity index (χ0) is 23.5. The molecular weight excluding hydrogens is 426 g/mol. The van der Waals surface area contributed by atoms with Gasteiger partial charge in [0.1, 0.15) is 11.6 Å². The summed E-state index contributed by atoms with van der Waals surface area (Å²) >= 11 is 0. The van der Waals surface area contributed by atoms with Crippen molar-refractivity contribution in [3.8, 4) is 11.3 Å². The van der Waals surface area contributed by atoms with E-state index in [1.807, 2.05) is 6.92 Å². The van der Waals surface area contributed by atoms with Crippen LogP contribution >= 0.6 is 0 Å². The van der Waals surface area contributed by atoms with Crippen LogP contribution in [0, 0.1) is 24.0 Å². The van der Waals surface area contributed by atoms with Gasteiger partial charge in [0.25, 0.3) is 5.91 Å². The lowest BCUT2D eigenvalue weighted by atomic mass is 9.68. The molecule has 1 fully saturated rings. The first-order valence-electron chi connectivity index (χ1n) is 11.2. The third kappa shape index (κ3) is 3.03. The highest BCUT2D eigenvalue weighted by atomic mass is 19.1. The van der Waals surface area contributed by atoms with Crippen LogP contribution in [0.4, 0.5) is 8.78 Å². The first-order chi connectivity index (χ1) is 15.7.